The zero-order valence-corrected chi connectivity index (χ0v) is 24.2. The zero-order chi connectivity index (χ0) is 32.2. The minimum absolute atomic E-state index is 0.133. The maximum atomic E-state index is 11.7. The number of aryl methyl sites for hydroxylation is 5. The quantitative estimate of drug-likeness (QED) is 0.0883. The monoisotopic (exact) mass is 610 g/mol. The number of carboxylic acids is 5. The van der Waals surface area contributed by atoms with Gasteiger partial charge in [-0.15, -0.1) is 0 Å². The van der Waals surface area contributed by atoms with Crippen LogP contribution in [0.15, 0.2) is 30.3 Å². The van der Waals surface area contributed by atoms with E-state index in [2.05, 4.69) is 0 Å². The second kappa shape index (κ2) is 11.4. The predicted molar refractivity (Wildman–Crippen MR) is 167 cm³/mol. The summed E-state index contributed by atoms with van der Waals surface area (Å²) in [4.78, 5) is 58.3. The van der Waals surface area contributed by atoms with Crippen molar-refractivity contribution in [2.45, 2.75) is 64.2 Å². The topological polar surface area (TPSA) is 186 Å². The highest BCUT2D eigenvalue weighted by atomic mass is 16.4. The molecule has 0 aliphatic carbocycles. The standard InChI is InChI=1S/C35H30O10/c36-26(37)6-1-16-11-22-18(3-8-28(40)41)13-24-20(5-10-30(44)45)15-25-19(4-9-29(42)43)14-23-17(2-7-27(38)39)12-21(16)31-32(22)34(24)35(25)33(23)31/h11-15H,1-10H2,(H,36,37)(H,38,39)(H,40,41)(H,42,43)(H,44,45). The molecule has 0 atom stereocenters. The third-order valence-corrected chi connectivity index (χ3v) is 8.96. The Kier molecular flexibility index (Phi) is 7.52. The molecule has 6 aromatic carbocycles. The lowest BCUT2D eigenvalue weighted by molar-refractivity contribution is -0.138. The van der Waals surface area contributed by atoms with Gasteiger partial charge in [0, 0.05) is 32.1 Å². The average molecular weight is 611 g/mol. The molecule has 10 heteroatoms. The van der Waals surface area contributed by atoms with E-state index in [9.17, 15) is 49.5 Å². The van der Waals surface area contributed by atoms with E-state index >= 15 is 0 Å². The molecule has 0 amide bonds. The lowest BCUT2D eigenvalue weighted by atomic mass is 9.88. The van der Waals surface area contributed by atoms with Gasteiger partial charge in [-0.3, -0.25) is 24.0 Å². The van der Waals surface area contributed by atoms with E-state index in [1.165, 1.54) is 0 Å². The Morgan fingerprint density at radius 1 is 0.333 bits per heavy atom. The van der Waals surface area contributed by atoms with Crippen LogP contribution in [0, 0.1) is 0 Å². The van der Waals surface area contributed by atoms with Gasteiger partial charge in [-0.1, -0.05) is 30.3 Å². The SMILES string of the molecule is O=C(O)CCc1cc2c(CCC(=O)O)cc3c(CCC(=O)O)cc4c(CCC(=O)O)cc5c(CCC(=O)O)cc1c1c5c4c3c21. The predicted octanol–water partition coefficient (Wildman–Crippen LogP) is 5.85. The molecule has 0 spiro atoms. The van der Waals surface area contributed by atoms with E-state index in [0.29, 0.717) is 0 Å². The van der Waals surface area contributed by atoms with Crippen LogP contribution in [0.1, 0.15) is 59.9 Å². The van der Waals surface area contributed by atoms with Crippen molar-refractivity contribution in [2.24, 2.45) is 0 Å². The van der Waals surface area contributed by atoms with Crippen LogP contribution in [0.3, 0.4) is 0 Å². The van der Waals surface area contributed by atoms with Crippen molar-refractivity contribution in [3.63, 3.8) is 0 Å². The van der Waals surface area contributed by atoms with Gasteiger partial charge < -0.3 is 25.5 Å². The van der Waals surface area contributed by atoms with E-state index in [4.69, 9.17) is 0 Å². The molecule has 10 nitrogen and oxygen atoms in total. The third kappa shape index (κ3) is 5.26. The summed E-state index contributed by atoms with van der Waals surface area (Å²) in [6.45, 7) is 0. The van der Waals surface area contributed by atoms with Gasteiger partial charge in [-0.2, -0.15) is 0 Å². The van der Waals surface area contributed by atoms with Gasteiger partial charge in [-0.05, 0) is 114 Å². The maximum Gasteiger partial charge on any atom is 0.303 e. The molecule has 0 fully saturated rings. The first-order valence-electron chi connectivity index (χ1n) is 14.8. The summed E-state index contributed by atoms with van der Waals surface area (Å²) in [5.41, 5.74) is 3.80. The van der Waals surface area contributed by atoms with Gasteiger partial charge in [0.2, 0.25) is 0 Å². The Labute approximate surface area is 255 Å². The lowest BCUT2D eigenvalue weighted by Crippen LogP contribution is -2.02. The Morgan fingerprint density at radius 3 is 0.622 bits per heavy atom. The van der Waals surface area contributed by atoms with Crippen molar-refractivity contribution in [1.82, 2.24) is 0 Å². The summed E-state index contributed by atoms with van der Waals surface area (Å²) >= 11 is 0. The fraction of sp³-hybridized carbons (Fsp3) is 0.286. The Hall–Kier alpha value is -5.25. The number of aliphatic carboxylic acids is 5. The van der Waals surface area contributed by atoms with Crippen LogP contribution in [0.2, 0.25) is 0 Å². The molecule has 0 aromatic heterocycles. The number of benzene rings is 5. The van der Waals surface area contributed by atoms with Crippen molar-refractivity contribution in [2.75, 3.05) is 0 Å². The molecular weight excluding hydrogens is 580 g/mol. The second-order valence-corrected chi connectivity index (χ2v) is 11.8. The minimum Gasteiger partial charge on any atom is -0.481 e. The van der Waals surface area contributed by atoms with Gasteiger partial charge in [0.25, 0.3) is 0 Å². The number of hydrogen-bond acceptors (Lipinski definition) is 5. The van der Waals surface area contributed by atoms with Gasteiger partial charge in [0.15, 0.2) is 0 Å². The zero-order valence-electron chi connectivity index (χ0n) is 24.2. The number of carboxylic acid groups (broad SMARTS) is 5. The molecule has 0 aliphatic heterocycles. The summed E-state index contributed by atoms with van der Waals surface area (Å²) in [7, 11) is 0. The van der Waals surface area contributed by atoms with E-state index in [1.807, 2.05) is 30.3 Å². The highest BCUT2D eigenvalue weighted by Gasteiger charge is 2.28. The first-order chi connectivity index (χ1) is 21.4. The molecule has 0 radical (unpaired) electrons. The Balaban J connectivity index is 1.81. The number of hydrogen-bond donors (Lipinski definition) is 5. The summed E-state index contributed by atoms with van der Waals surface area (Å²) in [5.74, 6) is -4.85. The molecule has 6 rings (SSSR count). The van der Waals surface area contributed by atoms with Crippen LogP contribution in [0.5, 0.6) is 0 Å². The number of carbonyl (C=O) groups is 5. The Bertz CT molecular complexity index is 1780. The summed E-state index contributed by atoms with van der Waals surface area (Å²) < 4.78 is 0. The van der Waals surface area contributed by atoms with E-state index in [0.717, 1.165) is 81.7 Å². The third-order valence-electron chi connectivity index (χ3n) is 8.96. The molecule has 45 heavy (non-hydrogen) atoms. The van der Waals surface area contributed by atoms with E-state index in [-0.39, 0.29) is 64.2 Å². The normalized spacial score (nSPS) is 12.0. The van der Waals surface area contributed by atoms with Gasteiger partial charge in [0.05, 0.1) is 0 Å². The molecule has 0 bridgehead atoms. The van der Waals surface area contributed by atoms with Crippen LogP contribution in [-0.2, 0) is 56.1 Å². The molecule has 0 saturated carbocycles. The van der Waals surface area contributed by atoms with Crippen molar-refractivity contribution in [1.29, 1.82) is 0 Å². The highest BCUT2D eigenvalue weighted by Crippen LogP contribution is 2.52. The Morgan fingerprint density at radius 2 is 0.489 bits per heavy atom. The molecule has 0 aliphatic rings. The van der Waals surface area contributed by atoms with Gasteiger partial charge in [-0.25, -0.2) is 0 Å². The first kappa shape index (κ1) is 29.8. The molecule has 0 saturated heterocycles. The molecule has 6 aromatic rings. The van der Waals surface area contributed by atoms with Crippen molar-refractivity contribution < 1.29 is 49.5 Å². The first-order valence-corrected chi connectivity index (χ1v) is 14.8. The van der Waals surface area contributed by atoms with Crippen LogP contribution >= 0.6 is 0 Å². The second-order valence-electron chi connectivity index (χ2n) is 11.8. The average Bonchev–Trinajstić information content (AvgIpc) is 3.33. The van der Waals surface area contributed by atoms with Crippen LogP contribution < -0.4 is 0 Å². The van der Waals surface area contributed by atoms with Crippen molar-refractivity contribution >= 4 is 83.7 Å². The largest absolute Gasteiger partial charge is 0.481 e. The van der Waals surface area contributed by atoms with Crippen LogP contribution in [0.25, 0.3) is 53.9 Å². The van der Waals surface area contributed by atoms with Crippen molar-refractivity contribution in [3.8, 4) is 0 Å². The summed E-state index contributed by atoms with van der Waals surface area (Å²) in [5, 5.41) is 56.1. The maximum absolute atomic E-state index is 11.7. The smallest absolute Gasteiger partial charge is 0.303 e. The summed E-state index contributed by atoms with van der Waals surface area (Å²) in [6.07, 6.45) is 0.386. The fourth-order valence-corrected chi connectivity index (χ4v) is 7.10. The van der Waals surface area contributed by atoms with Gasteiger partial charge in [0.1, 0.15) is 0 Å². The molecule has 5 N–H and O–H groups in total. The fourth-order valence-electron chi connectivity index (χ4n) is 7.10. The molecule has 230 valence electrons. The minimum atomic E-state index is -0.969. The van der Waals surface area contributed by atoms with Crippen LogP contribution in [0.4, 0.5) is 0 Å². The molecule has 0 unspecified atom stereocenters. The molecular formula is C35H30O10. The van der Waals surface area contributed by atoms with Crippen molar-refractivity contribution in [3.05, 3.63) is 58.1 Å². The highest BCUT2D eigenvalue weighted by molar-refractivity contribution is 6.45. The lowest BCUT2D eigenvalue weighted by Gasteiger charge is -2.16. The van der Waals surface area contributed by atoms with E-state index < -0.39 is 29.8 Å². The van der Waals surface area contributed by atoms with Crippen LogP contribution in [-0.4, -0.2) is 55.4 Å². The van der Waals surface area contributed by atoms with E-state index in [1.54, 1.807) is 0 Å². The number of rotatable bonds is 15. The summed E-state index contributed by atoms with van der Waals surface area (Å²) in [6, 6.07) is 9.64. The molecule has 0 heterocycles. The van der Waals surface area contributed by atoms with Gasteiger partial charge >= 0.3 is 29.8 Å².